The van der Waals surface area contributed by atoms with E-state index in [1.54, 1.807) is 11.9 Å². The lowest BCUT2D eigenvalue weighted by molar-refractivity contribution is 0.0141. The van der Waals surface area contributed by atoms with E-state index in [2.05, 4.69) is 51.6 Å². The molecule has 0 aromatic rings. The highest BCUT2D eigenvalue weighted by molar-refractivity contribution is 4.85. The van der Waals surface area contributed by atoms with Crippen LogP contribution in [-0.2, 0) is 0 Å². The van der Waals surface area contributed by atoms with Crippen LogP contribution in [0.25, 0.3) is 0 Å². The van der Waals surface area contributed by atoms with Crippen molar-refractivity contribution in [1.29, 1.82) is 0 Å². The summed E-state index contributed by atoms with van der Waals surface area (Å²) in [6, 6.07) is 2.16. The molecule has 4 rings (SSSR count). The Balaban J connectivity index is 0.000000214. The third-order valence-corrected chi connectivity index (χ3v) is 7.64. The number of likely N-dealkylation sites (tertiary alicyclic amines) is 4. The molecule has 0 aromatic heterocycles. The van der Waals surface area contributed by atoms with Gasteiger partial charge in [0.05, 0.1) is 6.54 Å². The molecule has 4 heterocycles. The van der Waals surface area contributed by atoms with Gasteiger partial charge in [0.2, 0.25) is 0 Å². The minimum absolute atomic E-state index is 0.0174. The SMILES string of the molecule is CC1C[C@H](C)N(C)C1.C[C@H]1CC(F)(F)CN1C.C[C@H]1CC(F)CN1C.C[C@H]1CCCN1C. The molecule has 0 radical (unpaired) electrons. The van der Waals surface area contributed by atoms with Crippen LogP contribution in [0, 0.1) is 5.92 Å². The van der Waals surface area contributed by atoms with Crippen LogP contribution in [0.2, 0.25) is 0 Å². The Morgan fingerprint density at radius 2 is 1.25 bits per heavy atom. The zero-order valence-corrected chi connectivity index (χ0v) is 22.3. The maximum Gasteiger partial charge on any atom is 0.262 e. The molecule has 4 aliphatic heterocycles. The van der Waals surface area contributed by atoms with Gasteiger partial charge in [-0.05, 0) is 94.0 Å². The van der Waals surface area contributed by atoms with Crippen molar-refractivity contribution < 1.29 is 13.2 Å². The molecule has 0 saturated carbocycles. The molecule has 6 atom stereocenters. The van der Waals surface area contributed by atoms with Crippen molar-refractivity contribution in [1.82, 2.24) is 19.6 Å². The van der Waals surface area contributed by atoms with E-state index in [9.17, 15) is 13.2 Å². The lowest BCUT2D eigenvalue weighted by Gasteiger charge is -2.12. The van der Waals surface area contributed by atoms with Gasteiger partial charge in [-0.3, -0.25) is 4.90 Å². The molecule has 192 valence electrons. The van der Waals surface area contributed by atoms with Crippen LogP contribution in [0.3, 0.4) is 0 Å². The van der Waals surface area contributed by atoms with E-state index in [0.717, 1.165) is 24.4 Å². The molecule has 0 bridgehead atoms. The summed E-state index contributed by atoms with van der Waals surface area (Å²) >= 11 is 0. The second-order valence-corrected chi connectivity index (χ2v) is 11.0. The predicted molar refractivity (Wildman–Crippen MR) is 130 cm³/mol. The van der Waals surface area contributed by atoms with Gasteiger partial charge in [0.15, 0.2) is 0 Å². The Morgan fingerprint density at radius 3 is 1.38 bits per heavy atom. The van der Waals surface area contributed by atoms with Gasteiger partial charge in [0.1, 0.15) is 6.17 Å². The van der Waals surface area contributed by atoms with E-state index in [0.29, 0.717) is 12.6 Å². The third kappa shape index (κ3) is 10.7. The number of nitrogens with zero attached hydrogens (tertiary/aromatic N) is 4. The fourth-order valence-electron chi connectivity index (χ4n) is 4.88. The maximum absolute atomic E-state index is 12.4. The molecule has 0 aromatic carbocycles. The van der Waals surface area contributed by atoms with Crippen molar-refractivity contribution in [3.63, 3.8) is 0 Å². The quantitative estimate of drug-likeness (QED) is 0.508. The van der Waals surface area contributed by atoms with Crippen LogP contribution < -0.4 is 0 Å². The molecule has 0 amide bonds. The van der Waals surface area contributed by atoms with E-state index in [4.69, 9.17) is 0 Å². The molecule has 0 N–H and O–H groups in total. The first-order valence-electron chi connectivity index (χ1n) is 12.5. The van der Waals surface area contributed by atoms with E-state index in [1.165, 1.54) is 32.4 Å². The Labute approximate surface area is 196 Å². The molecular formula is C25H51F3N4. The number of hydrogen-bond acceptors (Lipinski definition) is 4. The van der Waals surface area contributed by atoms with Crippen molar-refractivity contribution in [3.05, 3.63) is 0 Å². The summed E-state index contributed by atoms with van der Waals surface area (Å²) in [5, 5.41) is 0. The van der Waals surface area contributed by atoms with Crippen LogP contribution in [0.5, 0.6) is 0 Å². The first kappa shape index (κ1) is 29.7. The van der Waals surface area contributed by atoms with E-state index < -0.39 is 12.1 Å². The normalized spacial score (nSPS) is 37.9. The molecule has 4 saturated heterocycles. The number of hydrogen-bond donors (Lipinski definition) is 0. The maximum atomic E-state index is 12.4. The highest BCUT2D eigenvalue weighted by Gasteiger charge is 2.40. The lowest BCUT2D eigenvalue weighted by Crippen LogP contribution is -2.23. The minimum atomic E-state index is -2.44. The molecule has 0 spiro atoms. The van der Waals surface area contributed by atoms with Crippen molar-refractivity contribution >= 4 is 0 Å². The molecule has 2 unspecified atom stereocenters. The van der Waals surface area contributed by atoms with Crippen LogP contribution in [0.15, 0.2) is 0 Å². The molecule has 0 aliphatic carbocycles. The second-order valence-electron chi connectivity index (χ2n) is 11.0. The average molecular weight is 465 g/mol. The standard InChI is InChI=1S/C7H15N.C6H11F2N.C6H12FN.C6H13N/c1-6-4-7(2)8(3)5-6;1-5-3-6(7,8)4-9(5)2;1-5-3-6(7)4-8(5)2;1-6-4-3-5-7(6)2/h6-7H,4-5H2,1-3H3;5H,3-4H2,1-2H3;5-6H,3-4H2,1-2H3;6H,3-5H2,1-2H3/t6?,7-;5-;5-,6?;6-/m0000/s1. The number of alkyl halides is 3. The van der Waals surface area contributed by atoms with Crippen molar-refractivity contribution in [3.8, 4) is 0 Å². The summed E-state index contributed by atoms with van der Waals surface area (Å²) in [6.45, 7) is 13.9. The van der Waals surface area contributed by atoms with Crippen molar-refractivity contribution in [2.24, 2.45) is 5.92 Å². The fraction of sp³-hybridized carbons (Fsp3) is 1.00. The van der Waals surface area contributed by atoms with Crippen LogP contribution >= 0.6 is 0 Å². The number of rotatable bonds is 0. The smallest absolute Gasteiger partial charge is 0.262 e. The van der Waals surface area contributed by atoms with Crippen LogP contribution in [0.4, 0.5) is 13.2 Å². The highest BCUT2D eigenvalue weighted by Crippen LogP contribution is 2.30. The summed E-state index contributed by atoms with van der Waals surface area (Å²) in [4.78, 5) is 8.55. The second kappa shape index (κ2) is 13.5. The lowest BCUT2D eigenvalue weighted by atomic mass is 10.1. The van der Waals surface area contributed by atoms with Gasteiger partial charge in [-0.15, -0.1) is 0 Å². The minimum Gasteiger partial charge on any atom is -0.304 e. The zero-order valence-electron chi connectivity index (χ0n) is 22.3. The number of halogens is 3. The van der Waals surface area contributed by atoms with Gasteiger partial charge in [-0.25, -0.2) is 13.2 Å². The van der Waals surface area contributed by atoms with Crippen LogP contribution in [-0.4, -0.2) is 110 Å². The van der Waals surface area contributed by atoms with Crippen molar-refractivity contribution in [2.45, 2.75) is 103 Å². The Hall–Kier alpha value is -0.370. The van der Waals surface area contributed by atoms with Gasteiger partial charge in [-0.1, -0.05) is 6.92 Å². The Bertz CT molecular complexity index is 459. The Kier molecular flexibility index (Phi) is 12.5. The molecule has 4 fully saturated rings. The summed E-state index contributed by atoms with van der Waals surface area (Å²) in [6.07, 6.45) is 4.35. The van der Waals surface area contributed by atoms with E-state index in [-0.39, 0.29) is 19.0 Å². The average Bonchev–Trinajstić information content (AvgIpc) is 3.33. The Morgan fingerprint density at radius 1 is 0.688 bits per heavy atom. The van der Waals surface area contributed by atoms with Crippen molar-refractivity contribution in [2.75, 3.05) is 54.4 Å². The third-order valence-electron chi connectivity index (χ3n) is 7.64. The highest BCUT2D eigenvalue weighted by atomic mass is 19.3. The largest absolute Gasteiger partial charge is 0.304 e. The topological polar surface area (TPSA) is 13.0 Å². The monoisotopic (exact) mass is 464 g/mol. The summed E-state index contributed by atoms with van der Waals surface area (Å²) < 4.78 is 37.2. The molecule has 32 heavy (non-hydrogen) atoms. The first-order chi connectivity index (χ1) is 14.7. The van der Waals surface area contributed by atoms with E-state index in [1.807, 2.05) is 18.9 Å². The summed E-state index contributed by atoms with van der Waals surface area (Å²) in [7, 11) is 8.08. The predicted octanol–water partition coefficient (Wildman–Crippen LogP) is 4.84. The molecule has 7 heteroatoms. The first-order valence-corrected chi connectivity index (χ1v) is 12.5. The fourth-order valence-corrected chi connectivity index (χ4v) is 4.88. The molecular weight excluding hydrogens is 413 g/mol. The van der Waals surface area contributed by atoms with Gasteiger partial charge in [0, 0.05) is 43.7 Å². The summed E-state index contributed by atoms with van der Waals surface area (Å²) in [5.41, 5.74) is 0. The van der Waals surface area contributed by atoms with Gasteiger partial charge < -0.3 is 14.7 Å². The van der Waals surface area contributed by atoms with Gasteiger partial charge >= 0.3 is 0 Å². The molecule has 4 nitrogen and oxygen atoms in total. The van der Waals surface area contributed by atoms with E-state index >= 15 is 0 Å². The van der Waals surface area contributed by atoms with Gasteiger partial charge in [0.25, 0.3) is 5.92 Å². The van der Waals surface area contributed by atoms with Gasteiger partial charge in [-0.2, -0.15) is 0 Å². The molecule has 4 aliphatic rings. The summed E-state index contributed by atoms with van der Waals surface area (Å²) in [5.74, 6) is -1.51. The zero-order chi connectivity index (χ0) is 24.6. The van der Waals surface area contributed by atoms with Crippen LogP contribution in [0.1, 0.15) is 66.7 Å².